The van der Waals surface area contributed by atoms with Crippen LogP contribution in [0.5, 0.6) is 0 Å². The summed E-state index contributed by atoms with van der Waals surface area (Å²) in [6.07, 6.45) is 2.85. The predicted molar refractivity (Wildman–Crippen MR) is 82.5 cm³/mol. The number of hydrogen-bond acceptors (Lipinski definition) is 7. The molecule has 2 rings (SSSR count). The maximum atomic E-state index is 12.4. The van der Waals surface area contributed by atoms with Gasteiger partial charge in [0.15, 0.2) is 0 Å². The lowest BCUT2D eigenvalue weighted by Crippen LogP contribution is -2.54. The zero-order chi connectivity index (χ0) is 15.7. The Balaban J connectivity index is 2.23. The molecule has 8 nitrogen and oxygen atoms in total. The molecule has 1 amide bonds. The van der Waals surface area contributed by atoms with Gasteiger partial charge in [-0.1, -0.05) is 36.4 Å². The first kappa shape index (κ1) is 16.2. The second-order valence-corrected chi connectivity index (χ2v) is 8.09. The largest absolute Gasteiger partial charge is 0.392 e. The van der Waals surface area contributed by atoms with Gasteiger partial charge in [0.1, 0.15) is 0 Å². The standard InChI is InChI=1S/C10H15N5O3S3/c1-6(16)12-8-13-14-9(20-8)21(17,18)15-10(7(11)19)4-2-3-5-10/h15H,2-5H2,1H3,(H2,11,19)(H,12,13,16). The van der Waals surface area contributed by atoms with Crippen molar-refractivity contribution in [1.29, 1.82) is 0 Å². The SMILES string of the molecule is CC(=O)Nc1nnc(S(=O)(=O)NC2(C(N)=S)CCCC2)s1. The summed E-state index contributed by atoms with van der Waals surface area (Å²) in [5, 5.41) is 9.72. The molecule has 0 aliphatic heterocycles. The first-order chi connectivity index (χ1) is 9.75. The Morgan fingerprint density at radius 2 is 2.00 bits per heavy atom. The normalized spacial score (nSPS) is 17.6. The topological polar surface area (TPSA) is 127 Å². The summed E-state index contributed by atoms with van der Waals surface area (Å²) in [5.74, 6) is -0.349. The quantitative estimate of drug-likeness (QED) is 0.518. The van der Waals surface area contributed by atoms with E-state index in [1.807, 2.05) is 0 Å². The molecule has 0 atom stereocenters. The van der Waals surface area contributed by atoms with Crippen molar-refractivity contribution >= 4 is 49.6 Å². The van der Waals surface area contributed by atoms with E-state index in [0.717, 1.165) is 24.2 Å². The minimum Gasteiger partial charge on any atom is -0.392 e. The first-order valence-corrected chi connectivity index (χ1v) is 8.91. The highest BCUT2D eigenvalue weighted by Crippen LogP contribution is 2.32. The van der Waals surface area contributed by atoms with Gasteiger partial charge in [0.05, 0.1) is 10.5 Å². The number of anilines is 1. The van der Waals surface area contributed by atoms with Crippen molar-refractivity contribution in [1.82, 2.24) is 14.9 Å². The van der Waals surface area contributed by atoms with Crippen molar-refractivity contribution in [2.75, 3.05) is 5.32 Å². The van der Waals surface area contributed by atoms with E-state index in [9.17, 15) is 13.2 Å². The fourth-order valence-corrected chi connectivity index (χ4v) is 4.91. The second kappa shape index (κ2) is 5.91. The van der Waals surface area contributed by atoms with Crippen LogP contribution in [-0.4, -0.2) is 35.0 Å². The Morgan fingerprint density at radius 1 is 1.38 bits per heavy atom. The Labute approximate surface area is 131 Å². The van der Waals surface area contributed by atoms with Crippen LogP contribution in [0.3, 0.4) is 0 Å². The Kier molecular flexibility index (Phi) is 4.56. The van der Waals surface area contributed by atoms with Crippen molar-refractivity contribution in [3.05, 3.63) is 0 Å². The van der Waals surface area contributed by atoms with Crippen LogP contribution >= 0.6 is 23.6 Å². The number of thiocarbonyl (C=S) groups is 1. The van der Waals surface area contributed by atoms with Gasteiger partial charge in [0.25, 0.3) is 10.0 Å². The van der Waals surface area contributed by atoms with Crippen LogP contribution in [0.4, 0.5) is 5.13 Å². The smallest absolute Gasteiger partial charge is 0.270 e. The highest BCUT2D eigenvalue weighted by Gasteiger charge is 2.41. The van der Waals surface area contributed by atoms with Crippen LogP contribution in [-0.2, 0) is 14.8 Å². The minimum absolute atomic E-state index is 0.124. The zero-order valence-corrected chi connectivity index (χ0v) is 13.7. The highest BCUT2D eigenvalue weighted by atomic mass is 32.2. The van der Waals surface area contributed by atoms with Crippen LogP contribution in [0.25, 0.3) is 0 Å². The average molecular weight is 349 g/mol. The minimum atomic E-state index is -3.89. The summed E-state index contributed by atoms with van der Waals surface area (Å²) in [7, 11) is -3.89. The van der Waals surface area contributed by atoms with E-state index >= 15 is 0 Å². The molecule has 0 spiro atoms. The molecule has 1 heterocycles. The summed E-state index contributed by atoms with van der Waals surface area (Å²) in [5.41, 5.74) is 4.81. The third kappa shape index (κ3) is 3.54. The van der Waals surface area contributed by atoms with Gasteiger partial charge < -0.3 is 11.1 Å². The van der Waals surface area contributed by atoms with Crippen molar-refractivity contribution in [2.24, 2.45) is 5.73 Å². The molecular weight excluding hydrogens is 334 g/mol. The summed E-state index contributed by atoms with van der Waals surface area (Å²) < 4.78 is 27.1. The maximum Gasteiger partial charge on any atom is 0.270 e. The fraction of sp³-hybridized carbons (Fsp3) is 0.600. The van der Waals surface area contributed by atoms with Crippen molar-refractivity contribution < 1.29 is 13.2 Å². The van der Waals surface area contributed by atoms with Crippen LogP contribution in [0.15, 0.2) is 4.34 Å². The van der Waals surface area contributed by atoms with Crippen molar-refractivity contribution in [2.45, 2.75) is 42.5 Å². The number of sulfonamides is 1. The van der Waals surface area contributed by atoms with Crippen molar-refractivity contribution in [3.8, 4) is 0 Å². The summed E-state index contributed by atoms with van der Waals surface area (Å²) >= 11 is 5.78. The molecule has 1 saturated carbocycles. The number of hydrogen-bond donors (Lipinski definition) is 3. The van der Waals surface area contributed by atoms with Crippen LogP contribution in [0.1, 0.15) is 32.6 Å². The van der Waals surface area contributed by atoms with Gasteiger partial charge >= 0.3 is 0 Å². The second-order valence-electron chi connectivity index (χ2n) is 4.81. The molecule has 1 aliphatic carbocycles. The molecule has 116 valence electrons. The van der Waals surface area contributed by atoms with E-state index in [2.05, 4.69) is 20.2 Å². The third-order valence-electron chi connectivity index (χ3n) is 3.18. The van der Waals surface area contributed by atoms with E-state index in [4.69, 9.17) is 18.0 Å². The van der Waals surface area contributed by atoms with Gasteiger partial charge in [-0.05, 0) is 12.8 Å². The van der Waals surface area contributed by atoms with Crippen LogP contribution in [0, 0.1) is 0 Å². The lowest BCUT2D eigenvalue weighted by molar-refractivity contribution is -0.114. The molecule has 0 saturated heterocycles. The molecule has 21 heavy (non-hydrogen) atoms. The Bertz CT molecular complexity index is 663. The fourth-order valence-electron chi connectivity index (χ4n) is 2.20. The number of carbonyl (C=O) groups is 1. The first-order valence-electron chi connectivity index (χ1n) is 6.20. The molecule has 1 fully saturated rings. The number of nitrogens with two attached hydrogens (primary N) is 1. The summed E-state index contributed by atoms with van der Waals surface area (Å²) in [6.45, 7) is 1.30. The zero-order valence-electron chi connectivity index (χ0n) is 11.2. The number of amides is 1. The van der Waals surface area contributed by atoms with E-state index in [1.165, 1.54) is 6.92 Å². The molecule has 1 aromatic heterocycles. The van der Waals surface area contributed by atoms with Gasteiger partial charge in [-0.3, -0.25) is 4.79 Å². The monoisotopic (exact) mass is 349 g/mol. The Morgan fingerprint density at radius 3 is 2.52 bits per heavy atom. The summed E-state index contributed by atoms with van der Waals surface area (Å²) in [4.78, 5) is 11.1. The number of nitrogens with zero attached hydrogens (tertiary/aromatic N) is 2. The predicted octanol–water partition coefficient (Wildman–Crippen LogP) is 0.374. The van der Waals surface area contributed by atoms with Gasteiger partial charge in [0, 0.05) is 6.92 Å². The van der Waals surface area contributed by atoms with Gasteiger partial charge in [0.2, 0.25) is 15.4 Å². The van der Waals surface area contributed by atoms with Crippen molar-refractivity contribution in [3.63, 3.8) is 0 Å². The third-order valence-corrected chi connectivity index (χ3v) is 6.31. The van der Waals surface area contributed by atoms with Gasteiger partial charge in [-0.2, -0.15) is 4.72 Å². The molecule has 0 radical (unpaired) electrons. The summed E-state index contributed by atoms with van der Waals surface area (Å²) in [6, 6.07) is 0. The van der Waals surface area contributed by atoms with E-state index < -0.39 is 15.6 Å². The van der Waals surface area contributed by atoms with Crippen LogP contribution in [0.2, 0.25) is 0 Å². The number of rotatable bonds is 5. The van der Waals surface area contributed by atoms with Crippen LogP contribution < -0.4 is 15.8 Å². The molecule has 0 aromatic carbocycles. The highest BCUT2D eigenvalue weighted by molar-refractivity contribution is 7.91. The van der Waals surface area contributed by atoms with Gasteiger partial charge in [-0.15, -0.1) is 10.2 Å². The van der Waals surface area contributed by atoms with Gasteiger partial charge in [-0.25, -0.2) is 8.42 Å². The molecule has 4 N–H and O–H groups in total. The molecule has 1 aromatic rings. The van der Waals surface area contributed by atoms with E-state index in [0.29, 0.717) is 12.8 Å². The lowest BCUT2D eigenvalue weighted by Gasteiger charge is -2.27. The number of carbonyl (C=O) groups excluding carboxylic acids is 1. The number of nitrogens with one attached hydrogen (secondary N) is 2. The number of aromatic nitrogens is 2. The molecule has 11 heteroatoms. The average Bonchev–Trinajstić information content (AvgIpc) is 2.98. The molecular formula is C10H15N5O3S3. The van der Waals surface area contributed by atoms with E-state index in [-0.39, 0.29) is 20.4 Å². The lowest BCUT2D eigenvalue weighted by atomic mass is 10.00. The molecule has 0 unspecified atom stereocenters. The van der Waals surface area contributed by atoms with E-state index in [1.54, 1.807) is 0 Å². The molecule has 0 bridgehead atoms. The maximum absolute atomic E-state index is 12.4. The Hall–Kier alpha value is -1.17. The molecule has 1 aliphatic rings.